The zero-order chi connectivity index (χ0) is 33.3. The highest BCUT2D eigenvalue weighted by Crippen LogP contribution is 2.33. The van der Waals surface area contributed by atoms with Crippen LogP contribution in [-0.4, -0.2) is 216 Å². The van der Waals surface area contributed by atoms with Gasteiger partial charge in [0.2, 0.25) is 0 Å². The molecule has 20 atom stereocenters. The summed E-state index contributed by atoms with van der Waals surface area (Å²) in [5.41, 5.74) is 5.91. The van der Waals surface area contributed by atoms with Crippen LogP contribution in [0.2, 0.25) is 0 Å². The summed E-state index contributed by atoms with van der Waals surface area (Å²) in [5, 5.41) is 132. The number of ether oxygens (including phenoxy) is 7. The van der Waals surface area contributed by atoms with E-state index >= 15 is 0 Å². The van der Waals surface area contributed by atoms with E-state index in [4.69, 9.17) is 38.9 Å². The molecule has 4 rings (SSSR count). The van der Waals surface area contributed by atoms with E-state index in [1.165, 1.54) is 0 Å². The molecule has 0 amide bonds. The molecule has 4 aliphatic heterocycles. The molecule has 45 heavy (non-hydrogen) atoms. The number of rotatable bonds is 10. The van der Waals surface area contributed by atoms with Crippen LogP contribution < -0.4 is 5.73 Å². The maximum atomic E-state index is 11.0. The standard InChI is InChI=1S/C24H43NO20/c25-9-14(33)10(29)5(1-26)41-22(9)45-20-16(35)12(31)7(3-28)43-24(20)44-19-13(32)8(40-21(38)18(19)37)4-39-23-17(36)15(34)11(30)6(2-27)42-23/h5-24,26-38H,1-4,25H2/t5-,6-,7-,8-,9-,10-,11-,12-,13-,14-,15+,16+,17+,18+,19+,20+,21-,22+,23+,24-/m1/s1. The summed E-state index contributed by atoms with van der Waals surface area (Å²) >= 11 is 0. The summed E-state index contributed by atoms with van der Waals surface area (Å²) in [5.74, 6) is 0. The van der Waals surface area contributed by atoms with Gasteiger partial charge >= 0.3 is 0 Å². The predicted octanol–water partition coefficient (Wildman–Crippen LogP) is -9.78. The average Bonchev–Trinajstić information content (AvgIpc) is 3.03. The minimum absolute atomic E-state index is 0.687. The molecule has 0 aromatic heterocycles. The fourth-order valence-electron chi connectivity index (χ4n) is 5.46. The lowest BCUT2D eigenvalue weighted by Crippen LogP contribution is -2.68. The topological polar surface area (TPSA) is 354 Å². The molecule has 0 unspecified atom stereocenters. The number of hydrogen-bond donors (Lipinski definition) is 14. The molecule has 4 fully saturated rings. The maximum Gasteiger partial charge on any atom is 0.187 e. The fourth-order valence-corrected chi connectivity index (χ4v) is 5.46. The largest absolute Gasteiger partial charge is 0.394 e. The van der Waals surface area contributed by atoms with E-state index < -0.39 is 149 Å². The van der Waals surface area contributed by atoms with Crippen molar-refractivity contribution in [3.8, 4) is 0 Å². The van der Waals surface area contributed by atoms with Crippen LogP contribution in [0, 0.1) is 0 Å². The SMILES string of the molecule is N[C@H]1[C@H](O[C@@H]2[C@@H](O[C@@H]3[C@H](O)[C@H](O)O[C@H](CO[C@H]4O[C@H](CO)[C@@H](O)[C@H](O)[C@@H]4O)[C@H]3O)O[C@H](CO)[C@@H](O)[C@@H]2O)O[C@H](CO)[C@@H](O)[C@@H]1O. The van der Waals surface area contributed by atoms with E-state index in [1.54, 1.807) is 0 Å². The monoisotopic (exact) mass is 665 g/mol. The quantitative estimate of drug-likeness (QED) is 0.103. The van der Waals surface area contributed by atoms with E-state index in [-0.39, 0.29) is 0 Å². The molecule has 264 valence electrons. The Balaban J connectivity index is 1.50. The summed E-state index contributed by atoms with van der Waals surface area (Å²) < 4.78 is 38.1. The zero-order valence-electron chi connectivity index (χ0n) is 23.6. The molecule has 0 bridgehead atoms. The molecule has 15 N–H and O–H groups in total. The molecule has 21 nitrogen and oxygen atoms in total. The molecule has 21 heteroatoms. The van der Waals surface area contributed by atoms with Gasteiger partial charge in [0.05, 0.1) is 32.5 Å². The van der Waals surface area contributed by atoms with Crippen molar-refractivity contribution in [3.05, 3.63) is 0 Å². The van der Waals surface area contributed by atoms with Gasteiger partial charge in [-0.25, -0.2) is 0 Å². The smallest absolute Gasteiger partial charge is 0.187 e. The van der Waals surface area contributed by atoms with Crippen molar-refractivity contribution in [1.29, 1.82) is 0 Å². The molecule has 4 heterocycles. The highest BCUT2D eigenvalue weighted by molar-refractivity contribution is 4.97. The Morgan fingerprint density at radius 3 is 1.51 bits per heavy atom. The summed E-state index contributed by atoms with van der Waals surface area (Å²) in [6, 6.07) is -1.46. The van der Waals surface area contributed by atoms with Crippen molar-refractivity contribution >= 4 is 0 Å². The van der Waals surface area contributed by atoms with Gasteiger partial charge in [0.15, 0.2) is 25.2 Å². The van der Waals surface area contributed by atoms with Gasteiger partial charge in [-0.15, -0.1) is 0 Å². The minimum atomic E-state index is -2.04. The second-order valence-corrected chi connectivity index (χ2v) is 11.3. The molecule has 4 saturated heterocycles. The van der Waals surface area contributed by atoms with Crippen LogP contribution in [0.15, 0.2) is 0 Å². The Labute approximate surface area is 255 Å². The van der Waals surface area contributed by atoms with E-state index in [0.29, 0.717) is 0 Å². The average molecular weight is 666 g/mol. The molecule has 4 aliphatic rings. The number of nitrogens with two attached hydrogens (primary N) is 1. The Morgan fingerprint density at radius 1 is 0.444 bits per heavy atom. The first kappa shape index (κ1) is 37.0. The van der Waals surface area contributed by atoms with Crippen molar-refractivity contribution in [3.63, 3.8) is 0 Å². The first-order chi connectivity index (χ1) is 21.2. The van der Waals surface area contributed by atoms with Gasteiger partial charge in [-0.3, -0.25) is 0 Å². The number of aliphatic hydroxyl groups is 13. The van der Waals surface area contributed by atoms with Crippen molar-refractivity contribution in [1.82, 2.24) is 0 Å². The van der Waals surface area contributed by atoms with Crippen LogP contribution in [-0.2, 0) is 33.2 Å². The van der Waals surface area contributed by atoms with Crippen molar-refractivity contribution < 1.29 is 99.5 Å². The van der Waals surface area contributed by atoms with Gasteiger partial charge in [0.25, 0.3) is 0 Å². The molecule has 0 aromatic rings. The molecule has 0 aromatic carbocycles. The molecular formula is C24H43NO20. The van der Waals surface area contributed by atoms with E-state index in [2.05, 4.69) is 0 Å². The Morgan fingerprint density at radius 2 is 0.933 bits per heavy atom. The second-order valence-electron chi connectivity index (χ2n) is 11.3. The molecule has 0 aliphatic carbocycles. The third-order valence-electron chi connectivity index (χ3n) is 8.27. The summed E-state index contributed by atoms with van der Waals surface area (Å²) in [6.07, 6.45) is -32.6. The minimum Gasteiger partial charge on any atom is -0.394 e. The van der Waals surface area contributed by atoms with Gasteiger partial charge < -0.3 is 105 Å². The van der Waals surface area contributed by atoms with Crippen molar-refractivity contribution in [2.45, 2.75) is 123 Å². The Bertz CT molecular complexity index is 920. The number of hydrogen-bond acceptors (Lipinski definition) is 21. The second kappa shape index (κ2) is 15.6. The van der Waals surface area contributed by atoms with Crippen LogP contribution in [0.1, 0.15) is 0 Å². The molecule has 0 radical (unpaired) electrons. The third kappa shape index (κ3) is 7.59. The van der Waals surface area contributed by atoms with Crippen molar-refractivity contribution in [2.75, 3.05) is 26.4 Å². The molecule has 0 saturated carbocycles. The van der Waals surface area contributed by atoms with E-state index in [1.807, 2.05) is 0 Å². The summed E-state index contributed by atoms with van der Waals surface area (Å²) in [6.45, 7) is -3.05. The Kier molecular flexibility index (Phi) is 12.8. The van der Waals surface area contributed by atoms with Crippen LogP contribution in [0.25, 0.3) is 0 Å². The first-order valence-electron chi connectivity index (χ1n) is 14.2. The number of aliphatic hydroxyl groups excluding tert-OH is 13. The van der Waals surface area contributed by atoms with Gasteiger partial charge in [0.1, 0.15) is 91.6 Å². The Hall–Kier alpha value is -0.840. The lowest BCUT2D eigenvalue weighted by molar-refractivity contribution is -0.382. The molecule has 0 spiro atoms. The highest BCUT2D eigenvalue weighted by atomic mass is 16.8. The van der Waals surface area contributed by atoms with Crippen LogP contribution in [0.5, 0.6) is 0 Å². The lowest BCUT2D eigenvalue weighted by Gasteiger charge is -2.48. The summed E-state index contributed by atoms with van der Waals surface area (Å²) in [7, 11) is 0. The zero-order valence-corrected chi connectivity index (χ0v) is 23.6. The summed E-state index contributed by atoms with van der Waals surface area (Å²) in [4.78, 5) is 0. The lowest BCUT2D eigenvalue weighted by atomic mass is 9.95. The van der Waals surface area contributed by atoms with Gasteiger partial charge in [-0.2, -0.15) is 0 Å². The predicted molar refractivity (Wildman–Crippen MR) is 136 cm³/mol. The fraction of sp³-hybridized carbons (Fsp3) is 1.00. The first-order valence-corrected chi connectivity index (χ1v) is 14.2. The van der Waals surface area contributed by atoms with Crippen molar-refractivity contribution in [2.24, 2.45) is 5.73 Å². The van der Waals surface area contributed by atoms with Crippen LogP contribution >= 0.6 is 0 Å². The van der Waals surface area contributed by atoms with Gasteiger partial charge in [-0.1, -0.05) is 0 Å². The van der Waals surface area contributed by atoms with Gasteiger partial charge in [0, 0.05) is 0 Å². The van der Waals surface area contributed by atoms with Crippen LogP contribution in [0.3, 0.4) is 0 Å². The van der Waals surface area contributed by atoms with E-state index in [9.17, 15) is 66.4 Å². The van der Waals surface area contributed by atoms with Crippen LogP contribution in [0.4, 0.5) is 0 Å². The normalized spacial score (nSPS) is 52.9. The highest BCUT2D eigenvalue weighted by Gasteiger charge is 2.54. The third-order valence-corrected chi connectivity index (χ3v) is 8.27. The maximum absolute atomic E-state index is 11.0. The van der Waals surface area contributed by atoms with Gasteiger partial charge in [-0.05, 0) is 0 Å². The van der Waals surface area contributed by atoms with E-state index in [0.717, 1.165) is 0 Å². The molecular weight excluding hydrogens is 622 g/mol.